The molecule has 2 amide bonds. The topological polar surface area (TPSA) is 41.1 Å². The predicted molar refractivity (Wildman–Crippen MR) is 98.9 cm³/mol. The maximum absolute atomic E-state index is 12.0. The summed E-state index contributed by atoms with van der Waals surface area (Å²) in [7, 11) is 0. The molecule has 0 saturated carbocycles. The van der Waals surface area contributed by atoms with Crippen LogP contribution < -0.4 is 10.6 Å². The van der Waals surface area contributed by atoms with Crippen LogP contribution in [0.5, 0.6) is 0 Å². The van der Waals surface area contributed by atoms with Crippen molar-refractivity contribution in [2.75, 3.05) is 5.32 Å². The molecule has 24 heavy (non-hydrogen) atoms. The maximum Gasteiger partial charge on any atom is 0.319 e. The second-order valence-electron chi connectivity index (χ2n) is 5.74. The summed E-state index contributed by atoms with van der Waals surface area (Å²) in [5, 5.41) is 5.73. The number of rotatable bonds is 4. The number of aryl methyl sites for hydroxylation is 1. The Morgan fingerprint density at radius 2 is 1.54 bits per heavy atom. The Balaban J connectivity index is 1.57. The summed E-state index contributed by atoms with van der Waals surface area (Å²) in [6.45, 7) is 2.55. The second-order valence-corrected chi connectivity index (χ2v) is 5.74. The zero-order valence-electron chi connectivity index (χ0n) is 13.6. The van der Waals surface area contributed by atoms with Gasteiger partial charge in [0.1, 0.15) is 0 Å². The summed E-state index contributed by atoms with van der Waals surface area (Å²) in [6, 6.07) is 25.9. The Bertz CT molecular complexity index is 811. The van der Waals surface area contributed by atoms with Gasteiger partial charge in [-0.2, -0.15) is 0 Å². The van der Waals surface area contributed by atoms with Crippen LogP contribution in [0.1, 0.15) is 11.1 Å². The van der Waals surface area contributed by atoms with Crippen LogP contribution in [0.25, 0.3) is 11.1 Å². The van der Waals surface area contributed by atoms with Crippen molar-refractivity contribution in [1.29, 1.82) is 0 Å². The highest BCUT2D eigenvalue weighted by Gasteiger charge is 2.03. The van der Waals surface area contributed by atoms with E-state index >= 15 is 0 Å². The molecule has 0 aliphatic rings. The average Bonchev–Trinajstić information content (AvgIpc) is 2.61. The molecule has 3 aromatic rings. The molecule has 0 spiro atoms. The van der Waals surface area contributed by atoms with Crippen molar-refractivity contribution in [3.8, 4) is 11.1 Å². The molecular weight excluding hydrogens is 296 g/mol. The van der Waals surface area contributed by atoms with E-state index in [0.717, 1.165) is 22.4 Å². The van der Waals surface area contributed by atoms with Crippen LogP contribution in [0.15, 0.2) is 78.9 Å². The van der Waals surface area contributed by atoms with Crippen molar-refractivity contribution in [2.45, 2.75) is 13.5 Å². The molecule has 0 radical (unpaired) electrons. The molecule has 3 rings (SSSR count). The van der Waals surface area contributed by atoms with Crippen LogP contribution >= 0.6 is 0 Å². The maximum atomic E-state index is 12.0. The van der Waals surface area contributed by atoms with Gasteiger partial charge in [0.05, 0.1) is 0 Å². The zero-order valence-corrected chi connectivity index (χ0v) is 13.6. The quantitative estimate of drug-likeness (QED) is 0.700. The minimum absolute atomic E-state index is 0.205. The lowest BCUT2D eigenvalue weighted by Gasteiger charge is -2.09. The number of anilines is 1. The van der Waals surface area contributed by atoms with E-state index in [-0.39, 0.29) is 6.03 Å². The van der Waals surface area contributed by atoms with Gasteiger partial charge in [-0.25, -0.2) is 4.79 Å². The lowest BCUT2D eigenvalue weighted by atomic mass is 10.1. The van der Waals surface area contributed by atoms with Crippen LogP contribution in [0, 0.1) is 6.92 Å². The third kappa shape index (κ3) is 4.23. The smallest absolute Gasteiger partial charge is 0.319 e. The van der Waals surface area contributed by atoms with E-state index in [2.05, 4.69) is 28.8 Å². The Labute approximate surface area is 142 Å². The van der Waals surface area contributed by atoms with E-state index in [1.807, 2.05) is 67.6 Å². The van der Waals surface area contributed by atoms with Crippen molar-refractivity contribution in [2.24, 2.45) is 0 Å². The molecular formula is C21H20N2O. The highest BCUT2D eigenvalue weighted by Crippen LogP contribution is 2.20. The van der Waals surface area contributed by atoms with Crippen LogP contribution in [-0.4, -0.2) is 6.03 Å². The van der Waals surface area contributed by atoms with E-state index in [9.17, 15) is 4.79 Å². The molecule has 0 heterocycles. The summed E-state index contributed by atoms with van der Waals surface area (Å²) in [6.07, 6.45) is 0. The van der Waals surface area contributed by atoms with Crippen LogP contribution in [0.3, 0.4) is 0 Å². The molecule has 120 valence electrons. The molecule has 0 bridgehead atoms. The van der Waals surface area contributed by atoms with Crippen molar-refractivity contribution in [3.63, 3.8) is 0 Å². The molecule has 0 fully saturated rings. The minimum Gasteiger partial charge on any atom is -0.334 e. The predicted octanol–water partition coefficient (Wildman–Crippen LogP) is 4.98. The summed E-state index contributed by atoms with van der Waals surface area (Å²) < 4.78 is 0. The Kier molecular flexibility index (Phi) is 4.92. The second kappa shape index (κ2) is 7.47. The van der Waals surface area contributed by atoms with Crippen molar-refractivity contribution in [3.05, 3.63) is 90.0 Å². The highest BCUT2D eigenvalue weighted by atomic mass is 16.2. The van der Waals surface area contributed by atoms with Crippen molar-refractivity contribution < 1.29 is 4.79 Å². The first-order valence-corrected chi connectivity index (χ1v) is 7.96. The molecule has 3 nitrogen and oxygen atoms in total. The number of benzene rings is 3. The summed E-state index contributed by atoms with van der Waals surface area (Å²) >= 11 is 0. The number of carbonyl (C=O) groups is 1. The van der Waals surface area contributed by atoms with E-state index in [4.69, 9.17) is 0 Å². The fourth-order valence-corrected chi connectivity index (χ4v) is 2.56. The number of amides is 2. The molecule has 3 heteroatoms. The summed E-state index contributed by atoms with van der Waals surface area (Å²) in [4.78, 5) is 12.0. The molecule has 0 aromatic heterocycles. The van der Waals surface area contributed by atoms with Crippen LogP contribution in [0.2, 0.25) is 0 Å². The number of carbonyl (C=O) groups excluding carboxylic acids is 1. The summed E-state index contributed by atoms with van der Waals surface area (Å²) in [5.41, 5.74) is 5.33. The third-order valence-corrected chi connectivity index (χ3v) is 3.79. The van der Waals surface area contributed by atoms with Gasteiger partial charge in [0.25, 0.3) is 0 Å². The first-order valence-electron chi connectivity index (χ1n) is 7.96. The molecule has 0 atom stereocenters. The Hall–Kier alpha value is -3.07. The standard InChI is InChI=1S/C21H20N2O/c1-16-6-5-7-17(14-16)15-22-21(24)23-20-12-10-19(11-13-20)18-8-3-2-4-9-18/h2-14H,15H2,1H3,(H2,22,23,24). The number of hydrogen-bond donors (Lipinski definition) is 2. The van der Waals surface area contributed by atoms with E-state index in [1.54, 1.807) is 0 Å². The van der Waals surface area contributed by atoms with Gasteiger partial charge in [-0.15, -0.1) is 0 Å². The monoisotopic (exact) mass is 316 g/mol. The van der Waals surface area contributed by atoms with Gasteiger partial charge in [-0.1, -0.05) is 72.3 Å². The normalized spacial score (nSPS) is 10.2. The van der Waals surface area contributed by atoms with E-state index < -0.39 is 0 Å². The largest absolute Gasteiger partial charge is 0.334 e. The van der Waals surface area contributed by atoms with Gasteiger partial charge in [-0.3, -0.25) is 0 Å². The molecule has 0 aliphatic heterocycles. The van der Waals surface area contributed by atoms with Crippen molar-refractivity contribution >= 4 is 11.7 Å². The van der Waals surface area contributed by atoms with Gasteiger partial charge >= 0.3 is 6.03 Å². The Morgan fingerprint density at radius 3 is 2.25 bits per heavy atom. The third-order valence-electron chi connectivity index (χ3n) is 3.79. The van der Waals surface area contributed by atoms with Gasteiger partial charge in [0.15, 0.2) is 0 Å². The van der Waals surface area contributed by atoms with E-state index in [0.29, 0.717) is 6.54 Å². The van der Waals surface area contributed by atoms with Crippen molar-refractivity contribution in [1.82, 2.24) is 5.32 Å². The van der Waals surface area contributed by atoms with Gasteiger partial charge in [0.2, 0.25) is 0 Å². The fourth-order valence-electron chi connectivity index (χ4n) is 2.56. The highest BCUT2D eigenvalue weighted by molar-refractivity contribution is 5.89. The molecule has 0 unspecified atom stereocenters. The van der Waals surface area contributed by atoms with E-state index in [1.165, 1.54) is 5.56 Å². The van der Waals surface area contributed by atoms with Gasteiger partial charge in [-0.05, 0) is 35.7 Å². The number of nitrogens with one attached hydrogen (secondary N) is 2. The molecule has 3 aromatic carbocycles. The summed E-state index contributed by atoms with van der Waals surface area (Å²) in [5.74, 6) is 0. The molecule has 0 aliphatic carbocycles. The number of hydrogen-bond acceptors (Lipinski definition) is 1. The first kappa shape index (κ1) is 15.8. The van der Waals surface area contributed by atoms with Gasteiger partial charge < -0.3 is 10.6 Å². The Morgan fingerprint density at radius 1 is 0.833 bits per heavy atom. The fraction of sp³-hybridized carbons (Fsp3) is 0.0952. The SMILES string of the molecule is Cc1cccc(CNC(=O)Nc2ccc(-c3ccccc3)cc2)c1. The molecule has 2 N–H and O–H groups in total. The number of urea groups is 1. The van der Waals surface area contributed by atoms with Crippen LogP contribution in [-0.2, 0) is 6.54 Å². The van der Waals surface area contributed by atoms with Gasteiger partial charge in [0, 0.05) is 12.2 Å². The minimum atomic E-state index is -0.205. The zero-order chi connectivity index (χ0) is 16.8. The first-order chi connectivity index (χ1) is 11.7. The van der Waals surface area contributed by atoms with Crippen LogP contribution in [0.4, 0.5) is 10.5 Å². The average molecular weight is 316 g/mol. The lowest BCUT2D eigenvalue weighted by Crippen LogP contribution is -2.28. The lowest BCUT2D eigenvalue weighted by molar-refractivity contribution is 0.251. The molecule has 0 saturated heterocycles.